The third-order valence-electron chi connectivity index (χ3n) is 6.49. The summed E-state index contributed by atoms with van der Waals surface area (Å²) in [6.45, 7) is 5.88. The Bertz CT molecular complexity index is 1390. The van der Waals surface area contributed by atoms with Crippen LogP contribution in [0.5, 0.6) is 0 Å². The summed E-state index contributed by atoms with van der Waals surface area (Å²) in [6, 6.07) is 12.7. The average molecular weight is 518 g/mol. The Morgan fingerprint density at radius 2 is 1.47 bits per heavy atom. The van der Waals surface area contributed by atoms with E-state index in [9.17, 15) is 4.79 Å². The molecule has 2 fully saturated rings. The van der Waals surface area contributed by atoms with Crippen LogP contribution in [0.15, 0.2) is 46.9 Å². The summed E-state index contributed by atoms with van der Waals surface area (Å²) in [5.74, 6) is 0.878. The lowest BCUT2D eigenvalue weighted by atomic mass is 10.1. The third-order valence-corrected chi connectivity index (χ3v) is 6.49. The number of hydrogen-bond donors (Lipinski definition) is 2. The fraction of sp³-hybridized carbons (Fsp3) is 0.346. The molecule has 2 saturated heterocycles. The number of carboxylic acids is 1. The Balaban J connectivity index is 1.26. The van der Waals surface area contributed by atoms with Gasteiger partial charge in [-0.2, -0.15) is 19.9 Å². The van der Waals surface area contributed by atoms with Crippen molar-refractivity contribution in [1.82, 2.24) is 19.9 Å². The molecule has 0 bridgehead atoms. The van der Waals surface area contributed by atoms with Gasteiger partial charge in [-0.05, 0) is 35.9 Å². The molecule has 0 aliphatic carbocycles. The molecule has 12 nitrogen and oxygen atoms in total. The van der Waals surface area contributed by atoms with E-state index in [1.165, 1.54) is 0 Å². The van der Waals surface area contributed by atoms with Crippen LogP contribution in [-0.4, -0.2) is 83.6 Å². The van der Waals surface area contributed by atoms with Crippen molar-refractivity contribution in [1.29, 1.82) is 0 Å². The van der Waals surface area contributed by atoms with Crippen LogP contribution in [0.25, 0.3) is 22.5 Å². The van der Waals surface area contributed by atoms with Gasteiger partial charge in [0, 0.05) is 38.3 Å². The molecule has 2 aromatic carbocycles. The molecule has 4 aromatic rings. The highest BCUT2D eigenvalue weighted by Crippen LogP contribution is 2.27. The molecule has 2 aliphatic heterocycles. The number of morpholine rings is 2. The van der Waals surface area contributed by atoms with Gasteiger partial charge in [0.2, 0.25) is 11.9 Å². The smallest absolute Gasteiger partial charge is 0.335 e. The summed E-state index contributed by atoms with van der Waals surface area (Å²) < 4.78 is 17.0. The topological polar surface area (TPSA) is 139 Å². The van der Waals surface area contributed by atoms with Crippen molar-refractivity contribution < 1.29 is 23.8 Å². The molecular formula is C26H27N7O5. The van der Waals surface area contributed by atoms with Crippen molar-refractivity contribution in [2.45, 2.75) is 6.54 Å². The molecule has 0 unspecified atom stereocenters. The van der Waals surface area contributed by atoms with E-state index in [0.717, 1.165) is 37.3 Å². The van der Waals surface area contributed by atoms with Crippen LogP contribution < -0.4 is 15.1 Å². The summed E-state index contributed by atoms with van der Waals surface area (Å²) in [4.78, 5) is 34.2. The van der Waals surface area contributed by atoms with E-state index in [-0.39, 0.29) is 5.56 Å². The molecule has 4 heterocycles. The molecule has 12 heteroatoms. The monoisotopic (exact) mass is 517 g/mol. The van der Waals surface area contributed by atoms with E-state index in [1.807, 2.05) is 18.2 Å². The maximum Gasteiger partial charge on any atom is 0.335 e. The summed E-state index contributed by atoms with van der Waals surface area (Å²) >= 11 is 0. The molecule has 6 rings (SSSR count). The lowest BCUT2D eigenvalue weighted by molar-refractivity contribution is 0.0697. The number of aromatic nitrogens is 4. The maximum atomic E-state index is 11.1. The number of benzene rings is 2. The Morgan fingerprint density at radius 1 is 0.842 bits per heavy atom. The Kier molecular flexibility index (Phi) is 6.71. The summed E-state index contributed by atoms with van der Waals surface area (Å²) in [6.07, 6.45) is 0. The highest BCUT2D eigenvalue weighted by molar-refractivity contribution is 5.87. The second-order valence-electron chi connectivity index (χ2n) is 9.02. The van der Waals surface area contributed by atoms with Gasteiger partial charge in [0.1, 0.15) is 5.52 Å². The molecular weight excluding hydrogens is 490 g/mol. The van der Waals surface area contributed by atoms with E-state index in [1.54, 1.807) is 24.3 Å². The average Bonchev–Trinajstić information content (AvgIpc) is 3.39. The molecule has 196 valence electrons. The van der Waals surface area contributed by atoms with Gasteiger partial charge in [-0.25, -0.2) is 4.79 Å². The van der Waals surface area contributed by atoms with Crippen LogP contribution in [0.1, 0.15) is 15.9 Å². The van der Waals surface area contributed by atoms with Gasteiger partial charge in [0.15, 0.2) is 11.4 Å². The van der Waals surface area contributed by atoms with Crippen molar-refractivity contribution in [3.63, 3.8) is 0 Å². The van der Waals surface area contributed by atoms with E-state index in [2.05, 4.69) is 20.1 Å². The third kappa shape index (κ3) is 5.22. The van der Waals surface area contributed by atoms with Gasteiger partial charge < -0.3 is 34.1 Å². The zero-order chi connectivity index (χ0) is 25.9. The number of oxazole rings is 1. The summed E-state index contributed by atoms with van der Waals surface area (Å²) in [5.41, 5.74) is 3.26. The Labute approximate surface area is 218 Å². The van der Waals surface area contributed by atoms with Gasteiger partial charge in [0.05, 0.1) is 32.0 Å². The van der Waals surface area contributed by atoms with Crippen molar-refractivity contribution in [3.8, 4) is 11.4 Å². The quantitative estimate of drug-likeness (QED) is 0.372. The fourth-order valence-electron chi connectivity index (χ4n) is 4.37. The summed E-state index contributed by atoms with van der Waals surface area (Å²) in [7, 11) is 0. The fourth-order valence-corrected chi connectivity index (χ4v) is 4.37. The number of ether oxygens (including phenoxy) is 2. The van der Waals surface area contributed by atoms with Crippen molar-refractivity contribution in [3.05, 3.63) is 53.6 Å². The lowest BCUT2D eigenvalue weighted by Crippen LogP contribution is -2.40. The van der Waals surface area contributed by atoms with Gasteiger partial charge in [0.25, 0.3) is 6.01 Å². The van der Waals surface area contributed by atoms with E-state index < -0.39 is 5.97 Å². The molecule has 2 aromatic heterocycles. The van der Waals surface area contributed by atoms with Crippen LogP contribution in [0.3, 0.4) is 0 Å². The number of nitrogens with one attached hydrogen (secondary N) is 1. The Hall–Kier alpha value is -4.29. The number of rotatable bonds is 7. The van der Waals surface area contributed by atoms with Gasteiger partial charge in [-0.1, -0.05) is 12.1 Å². The predicted octanol–water partition coefficient (Wildman–Crippen LogP) is 2.66. The molecule has 0 radical (unpaired) electrons. The van der Waals surface area contributed by atoms with Crippen molar-refractivity contribution in [2.24, 2.45) is 0 Å². The van der Waals surface area contributed by atoms with Crippen LogP contribution in [0, 0.1) is 0 Å². The first-order chi connectivity index (χ1) is 18.6. The molecule has 0 atom stereocenters. The van der Waals surface area contributed by atoms with Crippen molar-refractivity contribution >= 4 is 35.0 Å². The van der Waals surface area contributed by atoms with Gasteiger partial charge in [-0.15, -0.1) is 0 Å². The highest BCUT2D eigenvalue weighted by Gasteiger charge is 2.21. The first-order valence-corrected chi connectivity index (χ1v) is 12.5. The minimum atomic E-state index is -0.952. The van der Waals surface area contributed by atoms with E-state index in [4.69, 9.17) is 33.9 Å². The molecule has 2 N–H and O–H groups in total. The minimum absolute atomic E-state index is 0.245. The number of fused-ring (bicyclic) bond motifs is 1. The SMILES string of the molecule is O=C(O)c1ccc(CNc2nc3ccc(-c4nc(N5CCOCC5)nc(N5CCOCC5)n4)cc3o2)cc1. The normalized spacial score (nSPS) is 16.1. The number of anilines is 3. The summed E-state index contributed by atoms with van der Waals surface area (Å²) in [5, 5.41) is 12.2. The van der Waals surface area contributed by atoms with Crippen molar-refractivity contribution in [2.75, 3.05) is 67.7 Å². The van der Waals surface area contributed by atoms with Crippen LogP contribution >= 0.6 is 0 Å². The largest absolute Gasteiger partial charge is 0.478 e. The predicted molar refractivity (Wildman–Crippen MR) is 140 cm³/mol. The number of nitrogens with zero attached hydrogens (tertiary/aromatic N) is 6. The lowest BCUT2D eigenvalue weighted by Gasteiger charge is -2.30. The molecule has 0 saturated carbocycles. The molecule has 0 amide bonds. The zero-order valence-corrected chi connectivity index (χ0v) is 20.7. The van der Waals surface area contributed by atoms with Crippen LogP contribution in [-0.2, 0) is 16.0 Å². The Morgan fingerprint density at radius 3 is 2.08 bits per heavy atom. The number of aromatic carboxylic acids is 1. The number of hydrogen-bond acceptors (Lipinski definition) is 11. The number of carbonyl (C=O) groups is 1. The molecule has 2 aliphatic rings. The van der Waals surface area contributed by atoms with Gasteiger partial charge in [-0.3, -0.25) is 0 Å². The second kappa shape index (κ2) is 10.6. The molecule has 38 heavy (non-hydrogen) atoms. The van der Waals surface area contributed by atoms with E-state index in [0.29, 0.717) is 67.8 Å². The standard InChI is InChI=1S/C26H27N7O5/c34-23(35)18-3-1-17(2-4-18)16-27-26-28-20-6-5-19(15-21(20)38-26)22-29-24(32-7-11-36-12-8-32)31-25(30-22)33-9-13-37-14-10-33/h1-6,15H,7-14,16H2,(H,27,28)(H,34,35). The first-order valence-electron chi connectivity index (χ1n) is 12.5. The maximum absolute atomic E-state index is 11.1. The first kappa shape index (κ1) is 24.1. The van der Waals surface area contributed by atoms with E-state index >= 15 is 0 Å². The minimum Gasteiger partial charge on any atom is -0.478 e. The number of carboxylic acid groups (broad SMARTS) is 1. The molecule has 0 spiro atoms. The second-order valence-corrected chi connectivity index (χ2v) is 9.02. The highest BCUT2D eigenvalue weighted by atomic mass is 16.5. The van der Waals surface area contributed by atoms with Gasteiger partial charge >= 0.3 is 5.97 Å². The zero-order valence-electron chi connectivity index (χ0n) is 20.7. The van der Waals surface area contributed by atoms with Crippen LogP contribution in [0.2, 0.25) is 0 Å². The van der Waals surface area contributed by atoms with Crippen LogP contribution in [0.4, 0.5) is 17.9 Å².